The molecule has 1 rings (SSSR count). The van der Waals surface area contributed by atoms with Crippen LogP contribution in [0.4, 0.5) is 0 Å². The van der Waals surface area contributed by atoms with E-state index in [4.69, 9.17) is 11.5 Å². The fourth-order valence-corrected chi connectivity index (χ4v) is 1.52. The molecular formula is C12H10INO3. The van der Waals surface area contributed by atoms with Gasteiger partial charge in [0.2, 0.25) is 0 Å². The second-order valence-corrected chi connectivity index (χ2v) is 4.53. The van der Waals surface area contributed by atoms with Crippen molar-refractivity contribution in [2.75, 3.05) is 0 Å². The Kier molecular flexibility index (Phi) is 4.97. The molecular weight excluding hydrogens is 333 g/mol. The van der Waals surface area contributed by atoms with Gasteiger partial charge in [-0.2, -0.15) is 0 Å². The summed E-state index contributed by atoms with van der Waals surface area (Å²) >= 11 is 2.12. The predicted molar refractivity (Wildman–Crippen MR) is 71.5 cm³/mol. The third-order valence-corrected chi connectivity index (χ3v) is 2.75. The second kappa shape index (κ2) is 6.25. The lowest BCUT2D eigenvalue weighted by atomic mass is 10.1. The number of hydrogen-bond donors (Lipinski definition) is 2. The summed E-state index contributed by atoms with van der Waals surface area (Å²) < 4.78 is 0.998. The minimum absolute atomic E-state index is 0.0363. The van der Waals surface area contributed by atoms with E-state index < -0.39 is 17.9 Å². The molecule has 17 heavy (non-hydrogen) atoms. The van der Waals surface area contributed by atoms with Gasteiger partial charge < -0.3 is 10.4 Å². The van der Waals surface area contributed by atoms with Crippen molar-refractivity contribution >= 4 is 34.5 Å². The monoisotopic (exact) mass is 343 g/mol. The largest absolute Gasteiger partial charge is 0.480 e. The van der Waals surface area contributed by atoms with E-state index in [1.807, 2.05) is 0 Å². The van der Waals surface area contributed by atoms with Crippen LogP contribution in [0.3, 0.4) is 0 Å². The van der Waals surface area contributed by atoms with Crippen LogP contribution in [0.15, 0.2) is 24.3 Å². The molecule has 0 saturated carbocycles. The number of carbonyl (C=O) groups is 2. The van der Waals surface area contributed by atoms with Crippen LogP contribution in [-0.2, 0) is 4.79 Å². The summed E-state index contributed by atoms with van der Waals surface area (Å²) in [5, 5.41) is 11.2. The first-order valence-corrected chi connectivity index (χ1v) is 5.85. The van der Waals surface area contributed by atoms with E-state index in [0.717, 1.165) is 3.57 Å². The van der Waals surface area contributed by atoms with Crippen LogP contribution in [-0.4, -0.2) is 23.0 Å². The Balaban J connectivity index is 2.74. The summed E-state index contributed by atoms with van der Waals surface area (Å²) in [4.78, 5) is 22.5. The van der Waals surface area contributed by atoms with E-state index >= 15 is 0 Å². The number of carbonyl (C=O) groups excluding carboxylic acids is 1. The smallest absolute Gasteiger partial charge is 0.327 e. The van der Waals surface area contributed by atoms with Crippen molar-refractivity contribution in [2.24, 2.45) is 0 Å². The predicted octanol–water partition coefficient (Wildman–Crippen LogP) is 1.50. The minimum atomic E-state index is -1.14. The number of amides is 1. The Morgan fingerprint density at radius 1 is 1.41 bits per heavy atom. The summed E-state index contributed by atoms with van der Waals surface area (Å²) in [5.41, 5.74) is 0.411. The third kappa shape index (κ3) is 4.07. The molecule has 0 aliphatic heterocycles. The van der Waals surface area contributed by atoms with Gasteiger partial charge in [-0.25, -0.2) is 4.79 Å². The zero-order valence-corrected chi connectivity index (χ0v) is 11.0. The molecule has 0 radical (unpaired) electrons. The lowest BCUT2D eigenvalue weighted by molar-refractivity contribution is -0.139. The van der Waals surface area contributed by atoms with Crippen molar-refractivity contribution in [1.82, 2.24) is 5.32 Å². The summed E-state index contributed by atoms with van der Waals surface area (Å²) in [5.74, 6) is 0.640. The number of carboxylic acids is 1. The van der Waals surface area contributed by atoms with E-state index in [1.165, 1.54) is 0 Å². The van der Waals surface area contributed by atoms with Gasteiger partial charge >= 0.3 is 5.97 Å². The van der Waals surface area contributed by atoms with Crippen LogP contribution in [0.1, 0.15) is 16.8 Å². The van der Waals surface area contributed by atoms with Crippen molar-refractivity contribution < 1.29 is 14.7 Å². The summed E-state index contributed by atoms with van der Waals surface area (Å²) in [6, 6.07) is 5.75. The van der Waals surface area contributed by atoms with Gasteiger partial charge in [0.05, 0.1) is 0 Å². The molecule has 1 atom stereocenters. The van der Waals surface area contributed by atoms with E-state index in [0.29, 0.717) is 5.56 Å². The highest BCUT2D eigenvalue weighted by atomic mass is 127. The Morgan fingerprint density at radius 3 is 2.47 bits per heavy atom. The topological polar surface area (TPSA) is 66.4 Å². The molecule has 0 saturated heterocycles. The molecule has 2 N–H and O–H groups in total. The molecule has 0 aliphatic rings. The normalized spacial score (nSPS) is 11.3. The summed E-state index contributed by atoms with van der Waals surface area (Å²) in [6.07, 6.45) is 5.00. The Morgan fingerprint density at radius 2 is 2.00 bits per heavy atom. The standard InChI is InChI=1S/C12H10INO3/c1-2-3-10(12(16)17)14-11(15)8-4-6-9(13)7-5-8/h1,4-7,10H,3H2,(H,14,15)(H,16,17). The number of terminal acetylenes is 1. The zero-order chi connectivity index (χ0) is 12.8. The Bertz CT molecular complexity index is 462. The maximum absolute atomic E-state index is 11.7. The summed E-state index contributed by atoms with van der Waals surface area (Å²) in [7, 11) is 0. The van der Waals surface area contributed by atoms with E-state index in [-0.39, 0.29) is 6.42 Å². The molecule has 5 heteroatoms. The first-order chi connectivity index (χ1) is 8.04. The minimum Gasteiger partial charge on any atom is -0.480 e. The van der Waals surface area contributed by atoms with Crippen LogP contribution >= 0.6 is 22.6 Å². The van der Waals surface area contributed by atoms with Gasteiger partial charge in [-0.15, -0.1) is 12.3 Å². The van der Waals surface area contributed by atoms with Gasteiger partial charge in [0.25, 0.3) is 5.91 Å². The van der Waals surface area contributed by atoms with Gasteiger partial charge in [-0.1, -0.05) is 0 Å². The van der Waals surface area contributed by atoms with Gasteiger partial charge in [0.15, 0.2) is 0 Å². The van der Waals surface area contributed by atoms with Gasteiger partial charge in [0.1, 0.15) is 6.04 Å². The number of nitrogens with one attached hydrogen (secondary N) is 1. The summed E-state index contributed by atoms with van der Waals surface area (Å²) in [6.45, 7) is 0. The van der Waals surface area contributed by atoms with Gasteiger partial charge in [-0.3, -0.25) is 4.79 Å². The second-order valence-electron chi connectivity index (χ2n) is 3.28. The molecule has 1 amide bonds. The number of benzene rings is 1. The molecule has 0 spiro atoms. The average molecular weight is 343 g/mol. The van der Waals surface area contributed by atoms with Crippen LogP contribution in [0.25, 0.3) is 0 Å². The number of hydrogen-bond acceptors (Lipinski definition) is 2. The van der Waals surface area contributed by atoms with Crippen LogP contribution < -0.4 is 5.32 Å². The quantitative estimate of drug-likeness (QED) is 0.643. The molecule has 4 nitrogen and oxygen atoms in total. The fourth-order valence-electron chi connectivity index (χ4n) is 1.16. The molecule has 0 aliphatic carbocycles. The number of carboxylic acid groups (broad SMARTS) is 1. The van der Waals surface area contributed by atoms with Crippen LogP contribution in [0, 0.1) is 15.9 Å². The molecule has 88 valence electrons. The maximum Gasteiger partial charge on any atom is 0.327 e. The fraction of sp³-hybridized carbons (Fsp3) is 0.167. The number of rotatable bonds is 4. The van der Waals surface area contributed by atoms with Crippen LogP contribution in [0.5, 0.6) is 0 Å². The van der Waals surface area contributed by atoms with Crippen molar-refractivity contribution in [1.29, 1.82) is 0 Å². The van der Waals surface area contributed by atoms with Crippen LogP contribution in [0.2, 0.25) is 0 Å². The highest BCUT2D eigenvalue weighted by molar-refractivity contribution is 14.1. The third-order valence-electron chi connectivity index (χ3n) is 2.03. The lowest BCUT2D eigenvalue weighted by Crippen LogP contribution is -2.40. The van der Waals surface area contributed by atoms with Gasteiger partial charge in [-0.05, 0) is 46.9 Å². The SMILES string of the molecule is C#CCC(NC(=O)c1ccc(I)cc1)C(=O)O. The molecule has 1 unspecified atom stereocenters. The molecule has 0 fully saturated rings. The van der Waals surface area contributed by atoms with E-state index in [1.54, 1.807) is 24.3 Å². The first kappa shape index (κ1) is 13.5. The maximum atomic E-state index is 11.7. The zero-order valence-electron chi connectivity index (χ0n) is 8.81. The average Bonchev–Trinajstić information content (AvgIpc) is 2.29. The molecule has 0 aromatic heterocycles. The number of halogens is 1. The van der Waals surface area contributed by atoms with Gasteiger partial charge in [0, 0.05) is 15.6 Å². The molecule has 0 bridgehead atoms. The first-order valence-electron chi connectivity index (χ1n) is 4.77. The highest BCUT2D eigenvalue weighted by Crippen LogP contribution is 2.07. The lowest BCUT2D eigenvalue weighted by Gasteiger charge is -2.11. The van der Waals surface area contributed by atoms with Crippen molar-refractivity contribution in [3.8, 4) is 12.3 Å². The molecule has 1 aromatic carbocycles. The number of aliphatic carboxylic acids is 1. The van der Waals surface area contributed by atoms with E-state index in [9.17, 15) is 9.59 Å². The van der Waals surface area contributed by atoms with E-state index in [2.05, 4.69) is 33.8 Å². The van der Waals surface area contributed by atoms with Crippen molar-refractivity contribution in [3.05, 3.63) is 33.4 Å². The Labute approximate surface area is 113 Å². The molecule has 0 heterocycles. The van der Waals surface area contributed by atoms with Crippen molar-refractivity contribution in [3.63, 3.8) is 0 Å². The highest BCUT2D eigenvalue weighted by Gasteiger charge is 2.19. The Hall–Kier alpha value is -1.55. The molecule has 1 aromatic rings. The van der Waals surface area contributed by atoms with Crippen molar-refractivity contribution in [2.45, 2.75) is 12.5 Å².